The summed E-state index contributed by atoms with van der Waals surface area (Å²) in [6.07, 6.45) is 0.900. The van der Waals surface area contributed by atoms with Gasteiger partial charge >= 0.3 is 0 Å². The molecule has 0 atom stereocenters. The fraction of sp³-hybridized carbons (Fsp3) is 0.261. The molecule has 1 fully saturated rings. The van der Waals surface area contributed by atoms with E-state index in [0.717, 1.165) is 23.7 Å². The van der Waals surface area contributed by atoms with Crippen LogP contribution in [0.4, 0.5) is 0 Å². The first-order valence-electron chi connectivity index (χ1n) is 10.1. The number of benzene rings is 3. The van der Waals surface area contributed by atoms with E-state index in [9.17, 15) is 8.42 Å². The predicted molar refractivity (Wildman–Crippen MR) is 125 cm³/mol. The van der Waals surface area contributed by atoms with E-state index < -0.39 is 10.0 Å². The largest absolute Gasteiger partial charge is 0.362 e. The van der Waals surface area contributed by atoms with Crippen LogP contribution >= 0.6 is 12.2 Å². The summed E-state index contributed by atoms with van der Waals surface area (Å²) in [7, 11) is -3.51. The lowest BCUT2D eigenvalue weighted by molar-refractivity contribution is 0.264. The van der Waals surface area contributed by atoms with Gasteiger partial charge in [0.15, 0.2) is 5.11 Å². The molecule has 0 spiro atoms. The van der Waals surface area contributed by atoms with Gasteiger partial charge in [-0.1, -0.05) is 60.7 Å². The van der Waals surface area contributed by atoms with E-state index >= 15 is 0 Å². The molecule has 1 heterocycles. The first-order chi connectivity index (χ1) is 14.5. The maximum atomic E-state index is 13.1. The highest BCUT2D eigenvalue weighted by molar-refractivity contribution is 7.89. The molecule has 1 aliphatic rings. The van der Waals surface area contributed by atoms with E-state index in [1.165, 1.54) is 5.56 Å². The number of rotatable bonds is 5. The van der Waals surface area contributed by atoms with Gasteiger partial charge in [-0.2, -0.15) is 4.31 Å². The van der Waals surface area contributed by atoms with Crippen molar-refractivity contribution in [3.05, 3.63) is 78.4 Å². The minimum atomic E-state index is -3.51. The summed E-state index contributed by atoms with van der Waals surface area (Å²) in [6.45, 7) is 2.79. The summed E-state index contributed by atoms with van der Waals surface area (Å²) in [5, 5.41) is 5.95. The Morgan fingerprint density at radius 1 is 0.867 bits per heavy atom. The average molecular weight is 440 g/mol. The van der Waals surface area contributed by atoms with Crippen molar-refractivity contribution in [1.29, 1.82) is 0 Å². The van der Waals surface area contributed by atoms with Crippen LogP contribution in [0, 0.1) is 0 Å². The molecule has 156 valence electrons. The standard InChI is InChI=1S/C23H25N3O2S2/c27-30(28,22-11-10-20-8-4-5-9-21(20)18-22)26-16-14-25(15-17-26)23(29)24-13-12-19-6-2-1-3-7-19/h1-11,18H,12-17H2,(H,24,29). The van der Waals surface area contributed by atoms with E-state index in [1.807, 2.05) is 53.4 Å². The Balaban J connectivity index is 1.33. The van der Waals surface area contributed by atoms with E-state index in [4.69, 9.17) is 12.2 Å². The van der Waals surface area contributed by atoms with Crippen LogP contribution in [0.2, 0.25) is 0 Å². The summed E-state index contributed by atoms with van der Waals surface area (Å²) in [4.78, 5) is 2.39. The molecular weight excluding hydrogens is 414 g/mol. The Labute approximate surface area is 183 Å². The lowest BCUT2D eigenvalue weighted by atomic mass is 10.1. The van der Waals surface area contributed by atoms with E-state index in [1.54, 1.807) is 16.4 Å². The molecule has 30 heavy (non-hydrogen) atoms. The van der Waals surface area contributed by atoms with Crippen LogP contribution in [0.1, 0.15) is 5.56 Å². The Kier molecular flexibility index (Phi) is 6.32. The van der Waals surface area contributed by atoms with Crippen molar-refractivity contribution in [3.63, 3.8) is 0 Å². The van der Waals surface area contributed by atoms with Gasteiger partial charge in [-0.25, -0.2) is 8.42 Å². The first kappa shape index (κ1) is 20.8. The number of nitrogens with one attached hydrogen (secondary N) is 1. The Hall–Kier alpha value is -2.48. The molecule has 0 aliphatic carbocycles. The van der Waals surface area contributed by atoms with Gasteiger partial charge in [0.05, 0.1) is 4.90 Å². The Bertz CT molecular complexity index is 1130. The Morgan fingerprint density at radius 3 is 2.27 bits per heavy atom. The van der Waals surface area contributed by atoms with Gasteiger partial charge < -0.3 is 10.2 Å². The lowest BCUT2D eigenvalue weighted by Crippen LogP contribution is -2.53. The molecular formula is C23H25N3O2S2. The molecule has 1 saturated heterocycles. The quantitative estimate of drug-likeness (QED) is 0.619. The molecule has 5 nitrogen and oxygen atoms in total. The van der Waals surface area contributed by atoms with Crippen LogP contribution in [-0.4, -0.2) is 55.5 Å². The number of piperazine rings is 1. The molecule has 3 aromatic carbocycles. The highest BCUT2D eigenvalue weighted by atomic mass is 32.2. The van der Waals surface area contributed by atoms with Crippen molar-refractivity contribution in [2.24, 2.45) is 0 Å². The van der Waals surface area contributed by atoms with Gasteiger partial charge in [-0.3, -0.25) is 0 Å². The maximum Gasteiger partial charge on any atom is 0.243 e. The van der Waals surface area contributed by atoms with Gasteiger partial charge in [0.1, 0.15) is 0 Å². The van der Waals surface area contributed by atoms with Crippen molar-refractivity contribution in [2.45, 2.75) is 11.3 Å². The third kappa shape index (κ3) is 4.64. The van der Waals surface area contributed by atoms with Gasteiger partial charge in [-0.15, -0.1) is 0 Å². The number of thiocarbonyl (C=S) groups is 1. The topological polar surface area (TPSA) is 52.7 Å². The zero-order valence-corrected chi connectivity index (χ0v) is 18.3. The highest BCUT2D eigenvalue weighted by Gasteiger charge is 2.29. The third-order valence-electron chi connectivity index (χ3n) is 5.42. The number of hydrogen-bond acceptors (Lipinski definition) is 3. The van der Waals surface area contributed by atoms with Crippen LogP contribution in [0.15, 0.2) is 77.7 Å². The molecule has 0 aromatic heterocycles. The van der Waals surface area contributed by atoms with E-state index in [2.05, 4.69) is 17.4 Å². The molecule has 0 bridgehead atoms. The average Bonchev–Trinajstić information content (AvgIpc) is 2.79. The monoisotopic (exact) mass is 439 g/mol. The molecule has 1 N–H and O–H groups in total. The minimum Gasteiger partial charge on any atom is -0.362 e. The van der Waals surface area contributed by atoms with Crippen molar-refractivity contribution >= 4 is 38.1 Å². The zero-order valence-electron chi connectivity index (χ0n) is 16.7. The smallest absolute Gasteiger partial charge is 0.243 e. The molecule has 0 radical (unpaired) electrons. The molecule has 1 aliphatic heterocycles. The van der Waals surface area contributed by atoms with Crippen molar-refractivity contribution in [1.82, 2.24) is 14.5 Å². The summed E-state index contributed by atoms with van der Waals surface area (Å²) < 4.78 is 27.7. The van der Waals surface area contributed by atoms with Gasteiger partial charge in [-0.05, 0) is 47.1 Å². The van der Waals surface area contributed by atoms with Crippen LogP contribution in [0.25, 0.3) is 10.8 Å². The number of fused-ring (bicyclic) bond motifs is 1. The normalized spacial score (nSPS) is 15.3. The first-order valence-corrected chi connectivity index (χ1v) is 11.9. The molecule has 0 unspecified atom stereocenters. The van der Waals surface area contributed by atoms with Crippen molar-refractivity contribution in [2.75, 3.05) is 32.7 Å². The van der Waals surface area contributed by atoms with Gasteiger partial charge in [0.25, 0.3) is 0 Å². The van der Waals surface area contributed by atoms with Gasteiger partial charge in [0, 0.05) is 32.7 Å². The van der Waals surface area contributed by atoms with Crippen molar-refractivity contribution in [3.8, 4) is 0 Å². The number of nitrogens with zero attached hydrogens (tertiary/aromatic N) is 2. The molecule has 0 amide bonds. The zero-order chi connectivity index (χ0) is 21.0. The van der Waals surface area contributed by atoms with Crippen LogP contribution in [0.5, 0.6) is 0 Å². The second-order valence-electron chi connectivity index (χ2n) is 7.37. The summed E-state index contributed by atoms with van der Waals surface area (Å²) in [5.41, 5.74) is 1.26. The molecule has 7 heteroatoms. The summed E-state index contributed by atoms with van der Waals surface area (Å²) in [6, 6.07) is 23.4. The third-order valence-corrected chi connectivity index (χ3v) is 7.71. The molecule has 3 aromatic rings. The summed E-state index contributed by atoms with van der Waals surface area (Å²) >= 11 is 5.51. The van der Waals surface area contributed by atoms with Crippen LogP contribution in [-0.2, 0) is 16.4 Å². The fourth-order valence-electron chi connectivity index (χ4n) is 3.68. The summed E-state index contributed by atoms with van der Waals surface area (Å²) in [5.74, 6) is 0. The Morgan fingerprint density at radius 2 is 1.53 bits per heavy atom. The minimum absolute atomic E-state index is 0.346. The van der Waals surface area contributed by atoms with E-state index in [-0.39, 0.29) is 0 Å². The molecule has 0 saturated carbocycles. The highest BCUT2D eigenvalue weighted by Crippen LogP contribution is 2.22. The molecule has 4 rings (SSSR count). The second kappa shape index (κ2) is 9.12. The number of hydrogen-bond donors (Lipinski definition) is 1. The van der Waals surface area contributed by atoms with Gasteiger partial charge in [0.2, 0.25) is 10.0 Å². The predicted octanol–water partition coefficient (Wildman–Crippen LogP) is 3.26. The second-order valence-corrected chi connectivity index (χ2v) is 9.69. The van der Waals surface area contributed by atoms with E-state index in [0.29, 0.717) is 36.2 Å². The van der Waals surface area contributed by atoms with Crippen LogP contribution < -0.4 is 5.32 Å². The number of sulfonamides is 1. The SMILES string of the molecule is O=S(=O)(c1ccc2ccccc2c1)N1CCN(C(=S)NCCc2ccccc2)CC1. The maximum absolute atomic E-state index is 13.1. The van der Waals surface area contributed by atoms with Crippen LogP contribution in [0.3, 0.4) is 0 Å². The van der Waals surface area contributed by atoms with Crippen molar-refractivity contribution < 1.29 is 8.42 Å². The lowest BCUT2D eigenvalue weighted by Gasteiger charge is -2.35. The fourth-order valence-corrected chi connectivity index (χ4v) is 5.42.